The molecule has 0 aliphatic rings. The van der Waals surface area contributed by atoms with Crippen molar-refractivity contribution in [2.75, 3.05) is 37.8 Å². The van der Waals surface area contributed by atoms with Crippen LogP contribution in [0.1, 0.15) is 20.3 Å². The molecule has 0 amide bonds. The molecule has 5 heteroatoms. The van der Waals surface area contributed by atoms with Crippen molar-refractivity contribution in [1.82, 2.24) is 5.32 Å². The Morgan fingerprint density at radius 2 is 2.00 bits per heavy atom. The third-order valence-electron chi connectivity index (χ3n) is 1.88. The zero-order valence-electron chi connectivity index (χ0n) is 10.3. The van der Waals surface area contributed by atoms with Gasteiger partial charge in [0.2, 0.25) is 0 Å². The first-order chi connectivity index (χ1) is 7.48. The van der Waals surface area contributed by atoms with Gasteiger partial charge < -0.3 is 10.1 Å². The molecule has 0 aromatic heterocycles. The van der Waals surface area contributed by atoms with Crippen LogP contribution >= 0.6 is 0 Å². The van der Waals surface area contributed by atoms with E-state index in [2.05, 4.69) is 11.9 Å². The summed E-state index contributed by atoms with van der Waals surface area (Å²) in [4.78, 5) is 0. The Kier molecular flexibility index (Phi) is 8.51. The first-order valence-corrected chi connectivity index (χ1v) is 7.43. The maximum atomic E-state index is 11.3. The molecule has 0 saturated heterocycles. The topological polar surface area (TPSA) is 55.4 Å². The average Bonchev–Trinajstić information content (AvgIpc) is 2.15. The van der Waals surface area contributed by atoms with Crippen LogP contribution in [-0.2, 0) is 14.6 Å². The van der Waals surface area contributed by atoms with E-state index in [0.717, 1.165) is 5.57 Å². The molecule has 0 fully saturated rings. The molecule has 1 N–H and O–H groups in total. The summed E-state index contributed by atoms with van der Waals surface area (Å²) in [6.45, 7) is 9.82. The third-order valence-corrected chi connectivity index (χ3v) is 3.73. The molecule has 0 aromatic carbocycles. The molecule has 0 aliphatic heterocycles. The van der Waals surface area contributed by atoms with Gasteiger partial charge in [0.15, 0.2) is 9.84 Å². The largest absolute Gasteiger partial charge is 0.376 e. The van der Waals surface area contributed by atoms with Crippen molar-refractivity contribution in [3.63, 3.8) is 0 Å². The Bertz CT molecular complexity index is 286. The van der Waals surface area contributed by atoms with Crippen LogP contribution in [-0.4, -0.2) is 46.2 Å². The summed E-state index contributed by atoms with van der Waals surface area (Å²) in [5, 5.41) is 3.04. The van der Waals surface area contributed by atoms with E-state index >= 15 is 0 Å². The van der Waals surface area contributed by atoms with Crippen molar-refractivity contribution >= 4 is 9.84 Å². The molecule has 4 nitrogen and oxygen atoms in total. The fraction of sp³-hybridized carbons (Fsp3) is 0.818. The number of ether oxygens (including phenoxy) is 1. The lowest BCUT2D eigenvalue weighted by molar-refractivity contribution is 0.158. The standard InChI is InChI=1S/C11H23NO3S/c1-4-8-16(13,14)9-6-12-5-7-15-10-11(2)3/h12H,2,4-10H2,1,3H3. The number of nitrogens with one attached hydrogen (secondary N) is 1. The highest BCUT2D eigenvalue weighted by atomic mass is 32.2. The number of rotatable bonds is 10. The highest BCUT2D eigenvalue weighted by molar-refractivity contribution is 7.91. The maximum absolute atomic E-state index is 11.3. The summed E-state index contributed by atoms with van der Waals surface area (Å²) in [6, 6.07) is 0. The fourth-order valence-electron chi connectivity index (χ4n) is 1.16. The van der Waals surface area contributed by atoms with Gasteiger partial charge in [-0.1, -0.05) is 19.1 Å². The van der Waals surface area contributed by atoms with Crippen molar-refractivity contribution in [2.45, 2.75) is 20.3 Å². The predicted octanol–water partition coefficient (Wildman–Crippen LogP) is 0.994. The Morgan fingerprint density at radius 1 is 1.31 bits per heavy atom. The Hall–Kier alpha value is -0.390. The molecule has 96 valence electrons. The van der Waals surface area contributed by atoms with Crippen LogP contribution in [0.5, 0.6) is 0 Å². The molecule has 0 rings (SSSR count). The monoisotopic (exact) mass is 249 g/mol. The first-order valence-electron chi connectivity index (χ1n) is 5.61. The minimum Gasteiger partial charge on any atom is -0.376 e. The second-order valence-corrected chi connectivity index (χ2v) is 6.22. The fourth-order valence-corrected chi connectivity index (χ4v) is 2.44. The highest BCUT2D eigenvalue weighted by Crippen LogP contribution is 1.92. The molecule has 0 radical (unpaired) electrons. The lowest BCUT2D eigenvalue weighted by atomic mass is 10.4. The summed E-state index contributed by atoms with van der Waals surface area (Å²) < 4.78 is 27.9. The van der Waals surface area contributed by atoms with Crippen LogP contribution in [0.3, 0.4) is 0 Å². The first kappa shape index (κ1) is 15.6. The number of sulfone groups is 1. The molecule has 0 saturated carbocycles. The summed E-state index contributed by atoms with van der Waals surface area (Å²) >= 11 is 0. The van der Waals surface area contributed by atoms with Gasteiger partial charge in [-0.25, -0.2) is 8.42 Å². The molecule has 16 heavy (non-hydrogen) atoms. The van der Waals surface area contributed by atoms with Crippen LogP contribution in [0.4, 0.5) is 0 Å². The van der Waals surface area contributed by atoms with Gasteiger partial charge in [0.25, 0.3) is 0 Å². The number of hydrogen-bond donors (Lipinski definition) is 1. The van der Waals surface area contributed by atoms with E-state index in [9.17, 15) is 8.42 Å². The van der Waals surface area contributed by atoms with E-state index in [1.54, 1.807) is 0 Å². The van der Waals surface area contributed by atoms with E-state index in [1.165, 1.54) is 0 Å². The molecule has 0 atom stereocenters. The van der Waals surface area contributed by atoms with Gasteiger partial charge in [0, 0.05) is 18.8 Å². The number of hydrogen-bond acceptors (Lipinski definition) is 4. The van der Waals surface area contributed by atoms with E-state index in [1.807, 2.05) is 13.8 Å². The van der Waals surface area contributed by atoms with Crippen molar-refractivity contribution in [2.24, 2.45) is 0 Å². The van der Waals surface area contributed by atoms with Gasteiger partial charge in [-0.3, -0.25) is 0 Å². The minimum atomic E-state index is -2.86. The quantitative estimate of drug-likeness (QED) is 0.463. The van der Waals surface area contributed by atoms with Crippen molar-refractivity contribution in [1.29, 1.82) is 0 Å². The molecular weight excluding hydrogens is 226 g/mol. The van der Waals surface area contributed by atoms with Crippen LogP contribution in [0.15, 0.2) is 12.2 Å². The average molecular weight is 249 g/mol. The van der Waals surface area contributed by atoms with E-state index < -0.39 is 9.84 Å². The highest BCUT2D eigenvalue weighted by Gasteiger charge is 2.07. The second kappa shape index (κ2) is 8.73. The zero-order chi connectivity index (χ0) is 12.4. The lowest BCUT2D eigenvalue weighted by Gasteiger charge is -2.06. The van der Waals surface area contributed by atoms with Crippen molar-refractivity contribution in [3.8, 4) is 0 Å². The van der Waals surface area contributed by atoms with Crippen LogP contribution in [0.2, 0.25) is 0 Å². The Balaban J connectivity index is 3.37. The summed E-state index contributed by atoms with van der Waals surface area (Å²) in [6.07, 6.45) is 0.685. The predicted molar refractivity (Wildman–Crippen MR) is 67.4 cm³/mol. The molecular formula is C11H23NO3S. The molecule has 0 heterocycles. The third kappa shape index (κ3) is 10.1. The van der Waals surface area contributed by atoms with Crippen LogP contribution in [0.25, 0.3) is 0 Å². The maximum Gasteiger partial charge on any atom is 0.151 e. The van der Waals surface area contributed by atoms with Crippen molar-refractivity contribution in [3.05, 3.63) is 12.2 Å². The second-order valence-electron chi connectivity index (χ2n) is 3.91. The van der Waals surface area contributed by atoms with Gasteiger partial charge >= 0.3 is 0 Å². The van der Waals surface area contributed by atoms with E-state index in [-0.39, 0.29) is 11.5 Å². The van der Waals surface area contributed by atoms with Crippen LogP contribution < -0.4 is 5.32 Å². The van der Waals surface area contributed by atoms with Gasteiger partial charge in [0.05, 0.1) is 19.0 Å². The Morgan fingerprint density at radius 3 is 2.56 bits per heavy atom. The van der Waals surface area contributed by atoms with Gasteiger partial charge in [-0.2, -0.15) is 0 Å². The van der Waals surface area contributed by atoms with Gasteiger partial charge in [-0.15, -0.1) is 0 Å². The van der Waals surface area contributed by atoms with E-state index in [4.69, 9.17) is 4.74 Å². The van der Waals surface area contributed by atoms with E-state index in [0.29, 0.717) is 32.7 Å². The smallest absolute Gasteiger partial charge is 0.151 e. The molecule has 0 unspecified atom stereocenters. The lowest BCUT2D eigenvalue weighted by Crippen LogP contribution is -2.27. The summed E-state index contributed by atoms with van der Waals surface area (Å²) in [7, 11) is -2.86. The SMILES string of the molecule is C=C(C)COCCNCCS(=O)(=O)CCC. The summed E-state index contributed by atoms with van der Waals surface area (Å²) in [5.74, 6) is 0.488. The molecule has 0 aromatic rings. The zero-order valence-corrected chi connectivity index (χ0v) is 11.1. The summed E-state index contributed by atoms with van der Waals surface area (Å²) in [5.41, 5.74) is 0.991. The normalized spacial score (nSPS) is 11.6. The molecule has 0 aliphatic carbocycles. The van der Waals surface area contributed by atoms with Crippen LogP contribution in [0, 0.1) is 0 Å². The van der Waals surface area contributed by atoms with Gasteiger partial charge in [-0.05, 0) is 13.3 Å². The minimum absolute atomic E-state index is 0.210. The molecule has 0 bridgehead atoms. The Labute approximate surface area is 99.0 Å². The molecule has 0 spiro atoms. The van der Waals surface area contributed by atoms with Gasteiger partial charge in [0.1, 0.15) is 0 Å². The van der Waals surface area contributed by atoms with Crippen molar-refractivity contribution < 1.29 is 13.2 Å².